The molecule has 0 saturated carbocycles. The Bertz CT molecular complexity index is 525. The maximum absolute atomic E-state index is 12.0. The molecule has 100 valence electrons. The van der Waals surface area contributed by atoms with Crippen molar-refractivity contribution >= 4 is 15.6 Å². The zero-order chi connectivity index (χ0) is 13.8. The summed E-state index contributed by atoms with van der Waals surface area (Å²) in [4.78, 5) is 12.0. The Hall–Kier alpha value is -1.40. The van der Waals surface area contributed by atoms with E-state index in [0.29, 0.717) is 11.3 Å². The maximum atomic E-state index is 12.0. The molecule has 1 rings (SSSR count). The van der Waals surface area contributed by atoms with Crippen molar-refractivity contribution in [3.63, 3.8) is 0 Å². The van der Waals surface area contributed by atoms with Crippen LogP contribution in [0.3, 0.4) is 0 Å². The van der Waals surface area contributed by atoms with Gasteiger partial charge in [0.2, 0.25) is 0 Å². The lowest BCUT2D eigenvalue weighted by atomic mass is 10.0. The molecule has 0 saturated heterocycles. The highest BCUT2D eigenvalue weighted by Crippen LogP contribution is 2.19. The van der Waals surface area contributed by atoms with E-state index in [4.69, 9.17) is 10.5 Å². The van der Waals surface area contributed by atoms with Crippen LogP contribution in [0.25, 0.3) is 0 Å². The van der Waals surface area contributed by atoms with Crippen LogP contribution in [0.4, 0.5) is 0 Å². The van der Waals surface area contributed by atoms with Crippen LogP contribution in [0.5, 0.6) is 5.75 Å². The summed E-state index contributed by atoms with van der Waals surface area (Å²) in [6.07, 6.45) is 1.23. The first-order chi connectivity index (χ1) is 8.35. The van der Waals surface area contributed by atoms with Crippen molar-refractivity contribution in [1.29, 1.82) is 0 Å². The van der Waals surface area contributed by atoms with Crippen LogP contribution in [0.1, 0.15) is 16.8 Å². The fraction of sp³-hybridized carbons (Fsp3) is 0.417. The molecule has 0 spiro atoms. The fourth-order valence-corrected chi connectivity index (χ4v) is 2.20. The van der Waals surface area contributed by atoms with Gasteiger partial charge in [-0.3, -0.25) is 4.79 Å². The van der Waals surface area contributed by atoms with Crippen molar-refractivity contribution in [2.45, 2.75) is 12.5 Å². The number of nitrogens with two attached hydrogens (primary N) is 1. The van der Waals surface area contributed by atoms with Crippen LogP contribution >= 0.6 is 0 Å². The number of sulfone groups is 1. The van der Waals surface area contributed by atoms with Gasteiger partial charge >= 0.3 is 0 Å². The van der Waals surface area contributed by atoms with Crippen LogP contribution in [-0.4, -0.2) is 39.4 Å². The van der Waals surface area contributed by atoms with E-state index in [-0.39, 0.29) is 18.0 Å². The molecule has 1 unspecified atom stereocenters. The van der Waals surface area contributed by atoms with E-state index in [1.165, 1.54) is 7.11 Å². The molecule has 5 nitrogen and oxygen atoms in total. The summed E-state index contributed by atoms with van der Waals surface area (Å²) in [5.74, 6) is 0.0307. The molecule has 0 amide bonds. The third-order valence-electron chi connectivity index (χ3n) is 2.51. The molecule has 0 radical (unpaired) electrons. The van der Waals surface area contributed by atoms with E-state index < -0.39 is 15.9 Å². The lowest BCUT2D eigenvalue weighted by Gasteiger charge is -2.12. The first-order valence-electron chi connectivity index (χ1n) is 5.45. The number of carbonyl (C=O) groups excluding carboxylic acids is 1. The quantitative estimate of drug-likeness (QED) is 0.767. The van der Waals surface area contributed by atoms with Gasteiger partial charge in [0.25, 0.3) is 0 Å². The van der Waals surface area contributed by atoms with E-state index in [1.807, 2.05) is 0 Å². The predicted octanol–water partition coefficient (Wildman–Crippen LogP) is 0.640. The Labute approximate surface area is 107 Å². The largest absolute Gasteiger partial charge is 0.496 e. The second-order valence-corrected chi connectivity index (χ2v) is 6.35. The van der Waals surface area contributed by atoms with E-state index in [9.17, 15) is 13.2 Å². The average molecular weight is 271 g/mol. The number of benzene rings is 1. The third-order valence-corrected chi connectivity index (χ3v) is 3.49. The summed E-state index contributed by atoms with van der Waals surface area (Å²) in [6, 6.07) is 5.89. The SMILES string of the molecule is COc1ccccc1C(=O)C(N)CCS(C)(=O)=O. The molecule has 2 N–H and O–H groups in total. The van der Waals surface area contributed by atoms with Gasteiger partial charge in [0.15, 0.2) is 5.78 Å². The van der Waals surface area contributed by atoms with Crippen LogP contribution in [-0.2, 0) is 9.84 Å². The molecule has 6 heteroatoms. The van der Waals surface area contributed by atoms with Crippen molar-refractivity contribution < 1.29 is 17.9 Å². The molecule has 0 heterocycles. The van der Waals surface area contributed by atoms with Crippen molar-refractivity contribution in [1.82, 2.24) is 0 Å². The zero-order valence-electron chi connectivity index (χ0n) is 10.4. The number of ketones is 1. The van der Waals surface area contributed by atoms with Crippen LogP contribution in [0, 0.1) is 0 Å². The number of hydrogen-bond acceptors (Lipinski definition) is 5. The topological polar surface area (TPSA) is 86.5 Å². The molecule has 18 heavy (non-hydrogen) atoms. The van der Waals surface area contributed by atoms with Crippen LogP contribution < -0.4 is 10.5 Å². The summed E-state index contributed by atoms with van der Waals surface area (Å²) in [5.41, 5.74) is 6.09. The predicted molar refractivity (Wildman–Crippen MR) is 69.6 cm³/mol. The molecular weight excluding hydrogens is 254 g/mol. The maximum Gasteiger partial charge on any atom is 0.183 e. The Morgan fingerprint density at radius 1 is 1.39 bits per heavy atom. The third kappa shape index (κ3) is 4.12. The number of ether oxygens (including phenoxy) is 1. The smallest absolute Gasteiger partial charge is 0.183 e. The highest BCUT2D eigenvalue weighted by Gasteiger charge is 2.20. The molecule has 0 bridgehead atoms. The summed E-state index contributed by atoms with van der Waals surface area (Å²) >= 11 is 0. The van der Waals surface area contributed by atoms with E-state index in [1.54, 1.807) is 24.3 Å². The fourth-order valence-electron chi connectivity index (χ4n) is 1.52. The van der Waals surface area contributed by atoms with E-state index in [2.05, 4.69) is 0 Å². The molecule has 0 aromatic heterocycles. The van der Waals surface area contributed by atoms with Crippen molar-refractivity contribution in [2.24, 2.45) is 5.73 Å². The zero-order valence-corrected chi connectivity index (χ0v) is 11.2. The molecular formula is C12H17NO4S. The number of rotatable bonds is 6. The minimum atomic E-state index is -3.11. The lowest BCUT2D eigenvalue weighted by molar-refractivity contribution is 0.0957. The minimum Gasteiger partial charge on any atom is -0.496 e. The first-order valence-corrected chi connectivity index (χ1v) is 7.51. The van der Waals surface area contributed by atoms with Gasteiger partial charge in [0.05, 0.1) is 24.5 Å². The van der Waals surface area contributed by atoms with Gasteiger partial charge < -0.3 is 10.5 Å². The van der Waals surface area contributed by atoms with Gasteiger partial charge in [0.1, 0.15) is 15.6 Å². The van der Waals surface area contributed by atoms with Gasteiger partial charge in [-0.2, -0.15) is 0 Å². The van der Waals surface area contributed by atoms with E-state index in [0.717, 1.165) is 6.26 Å². The molecule has 0 aliphatic rings. The van der Waals surface area contributed by atoms with Gasteiger partial charge in [0, 0.05) is 6.26 Å². The van der Waals surface area contributed by atoms with Crippen LogP contribution in [0.2, 0.25) is 0 Å². The number of methoxy groups -OCH3 is 1. The summed E-state index contributed by atoms with van der Waals surface area (Å²) in [5, 5.41) is 0. The second kappa shape index (κ2) is 5.97. The Balaban J connectivity index is 2.80. The molecule has 1 aromatic rings. The van der Waals surface area contributed by atoms with Crippen molar-refractivity contribution in [3.05, 3.63) is 29.8 Å². The van der Waals surface area contributed by atoms with Crippen molar-refractivity contribution in [3.8, 4) is 5.75 Å². The first kappa shape index (κ1) is 14.7. The van der Waals surface area contributed by atoms with Gasteiger partial charge in [-0.25, -0.2) is 8.42 Å². The van der Waals surface area contributed by atoms with Gasteiger partial charge in [-0.05, 0) is 18.6 Å². The number of Topliss-reactive ketones (excluding diaryl/α,β-unsaturated/α-hetero) is 1. The van der Waals surface area contributed by atoms with Crippen LogP contribution in [0.15, 0.2) is 24.3 Å². The standard InChI is InChI=1S/C12H17NO4S/c1-17-11-6-4-3-5-9(11)12(14)10(13)7-8-18(2,15)16/h3-6,10H,7-8,13H2,1-2H3. The number of carbonyl (C=O) groups is 1. The summed E-state index contributed by atoms with van der Waals surface area (Å²) < 4.78 is 27.1. The van der Waals surface area contributed by atoms with E-state index >= 15 is 0 Å². The Morgan fingerprint density at radius 2 is 2.00 bits per heavy atom. The lowest BCUT2D eigenvalue weighted by Crippen LogP contribution is -2.32. The molecule has 1 atom stereocenters. The van der Waals surface area contributed by atoms with Gasteiger partial charge in [-0.1, -0.05) is 12.1 Å². The molecule has 1 aromatic carbocycles. The molecule has 0 aliphatic heterocycles. The van der Waals surface area contributed by atoms with Crippen molar-refractivity contribution in [2.75, 3.05) is 19.1 Å². The monoisotopic (exact) mass is 271 g/mol. The minimum absolute atomic E-state index is 0.102. The second-order valence-electron chi connectivity index (χ2n) is 4.09. The number of para-hydroxylation sites is 1. The average Bonchev–Trinajstić information content (AvgIpc) is 2.34. The summed E-state index contributed by atoms with van der Waals surface area (Å²) in [6.45, 7) is 0. The molecule has 0 aliphatic carbocycles. The van der Waals surface area contributed by atoms with Gasteiger partial charge in [-0.15, -0.1) is 0 Å². The Kier molecular flexibility index (Phi) is 4.86. The molecule has 0 fully saturated rings. The highest BCUT2D eigenvalue weighted by molar-refractivity contribution is 7.90. The Morgan fingerprint density at radius 3 is 2.56 bits per heavy atom. The highest BCUT2D eigenvalue weighted by atomic mass is 32.2. The normalized spacial score (nSPS) is 13.1. The number of hydrogen-bond donors (Lipinski definition) is 1. The summed E-state index contributed by atoms with van der Waals surface area (Å²) in [7, 11) is -1.65.